The van der Waals surface area contributed by atoms with Gasteiger partial charge in [0.15, 0.2) is 0 Å². The van der Waals surface area contributed by atoms with Gasteiger partial charge in [0, 0.05) is 18.3 Å². The number of benzene rings is 1. The fraction of sp³-hybridized carbons (Fsp3) is 0.467. The molecule has 0 atom stereocenters. The van der Waals surface area contributed by atoms with Gasteiger partial charge in [-0.05, 0) is 31.0 Å². The maximum atomic E-state index is 12.3. The second kappa shape index (κ2) is 7.43. The highest BCUT2D eigenvalue weighted by Crippen LogP contribution is 2.27. The van der Waals surface area contributed by atoms with Crippen LogP contribution in [0.5, 0.6) is 0 Å². The van der Waals surface area contributed by atoms with Crippen molar-refractivity contribution in [2.75, 3.05) is 12.4 Å². The fourth-order valence-corrected chi connectivity index (χ4v) is 2.55. The van der Waals surface area contributed by atoms with Gasteiger partial charge in [-0.25, -0.2) is 0 Å². The van der Waals surface area contributed by atoms with Crippen LogP contribution in [0.4, 0.5) is 5.69 Å². The molecule has 0 unspecified atom stereocenters. The van der Waals surface area contributed by atoms with Crippen LogP contribution >= 0.6 is 12.4 Å². The average molecular weight is 312 g/mol. The number of hydrogen-bond donors (Lipinski definition) is 3. The molecular weight excluding hydrogens is 290 g/mol. The number of rotatable bonds is 3. The van der Waals surface area contributed by atoms with E-state index in [0.29, 0.717) is 24.1 Å². The molecule has 0 radical (unpaired) electrons. The normalized spacial score (nSPS) is 16.5. The SMILES string of the molecule is CNC(=O)c1cccc(NC(=O)C2(N)CCCCC2)c1.Cl. The summed E-state index contributed by atoms with van der Waals surface area (Å²) in [6.07, 6.45) is 4.55. The molecule has 0 saturated heterocycles. The average Bonchev–Trinajstić information content (AvgIpc) is 2.47. The van der Waals surface area contributed by atoms with Crippen molar-refractivity contribution in [2.45, 2.75) is 37.6 Å². The number of carbonyl (C=O) groups excluding carboxylic acids is 2. The quantitative estimate of drug-likeness (QED) is 0.799. The molecule has 1 aliphatic carbocycles. The van der Waals surface area contributed by atoms with E-state index in [4.69, 9.17) is 5.73 Å². The predicted molar refractivity (Wildman–Crippen MR) is 85.7 cm³/mol. The molecule has 0 spiro atoms. The van der Waals surface area contributed by atoms with Crippen molar-refractivity contribution in [3.63, 3.8) is 0 Å². The monoisotopic (exact) mass is 311 g/mol. The van der Waals surface area contributed by atoms with Crippen LogP contribution in [0.1, 0.15) is 42.5 Å². The van der Waals surface area contributed by atoms with Gasteiger partial charge in [0.25, 0.3) is 5.91 Å². The van der Waals surface area contributed by atoms with Gasteiger partial charge in [-0.3, -0.25) is 9.59 Å². The van der Waals surface area contributed by atoms with E-state index in [1.807, 2.05) is 0 Å². The molecule has 2 amide bonds. The van der Waals surface area contributed by atoms with Crippen molar-refractivity contribution in [1.82, 2.24) is 5.32 Å². The highest BCUT2D eigenvalue weighted by atomic mass is 35.5. The summed E-state index contributed by atoms with van der Waals surface area (Å²) in [7, 11) is 1.57. The summed E-state index contributed by atoms with van der Waals surface area (Å²) in [6, 6.07) is 6.86. The molecule has 1 aromatic rings. The van der Waals surface area contributed by atoms with E-state index in [1.165, 1.54) is 0 Å². The number of nitrogens with two attached hydrogens (primary N) is 1. The van der Waals surface area contributed by atoms with E-state index in [2.05, 4.69) is 10.6 Å². The third kappa shape index (κ3) is 4.19. The van der Waals surface area contributed by atoms with Gasteiger partial charge in [-0.15, -0.1) is 12.4 Å². The molecule has 1 aromatic carbocycles. The molecule has 116 valence electrons. The number of halogens is 1. The van der Waals surface area contributed by atoms with Crippen LogP contribution in [0.25, 0.3) is 0 Å². The summed E-state index contributed by atoms with van der Waals surface area (Å²) in [6.45, 7) is 0. The summed E-state index contributed by atoms with van der Waals surface area (Å²) in [4.78, 5) is 23.9. The van der Waals surface area contributed by atoms with Gasteiger partial charge < -0.3 is 16.4 Å². The van der Waals surface area contributed by atoms with Gasteiger partial charge >= 0.3 is 0 Å². The second-order valence-electron chi connectivity index (χ2n) is 5.33. The van der Waals surface area contributed by atoms with Crippen LogP contribution in [-0.4, -0.2) is 24.4 Å². The molecule has 1 saturated carbocycles. The highest BCUT2D eigenvalue weighted by molar-refractivity contribution is 6.00. The first-order valence-corrected chi connectivity index (χ1v) is 6.98. The highest BCUT2D eigenvalue weighted by Gasteiger charge is 2.35. The predicted octanol–water partition coefficient (Wildman–Crippen LogP) is 2.07. The summed E-state index contributed by atoms with van der Waals surface area (Å²) >= 11 is 0. The molecule has 1 fully saturated rings. The summed E-state index contributed by atoms with van der Waals surface area (Å²) in [5.41, 5.74) is 6.52. The molecule has 6 heteroatoms. The standard InChI is InChI=1S/C15H21N3O2.ClH/c1-17-13(19)11-6-5-7-12(10-11)18-14(20)15(16)8-3-2-4-9-15;/h5-7,10H,2-4,8-9,16H2,1H3,(H,17,19)(H,18,20);1H. The first-order valence-electron chi connectivity index (χ1n) is 6.98. The minimum absolute atomic E-state index is 0. The van der Waals surface area contributed by atoms with E-state index < -0.39 is 5.54 Å². The van der Waals surface area contributed by atoms with E-state index in [0.717, 1.165) is 19.3 Å². The Morgan fingerprint density at radius 1 is 1.19 bits per heavy atom. The van der Waals surface area contributed by atoms with E-state index in [-0.39, 0.29) is 24.2 Å². The first kappa shape index (κ1) is 17.5. The number of nitrogens with one attached hydrogen (secondary N) is 2. The van der Waals surface area contributed by atoms with Crippen molar-refractivity contribution in [2.24, 2.45) is 5.73 Å². The number of hydrogen-bond acceptors (Lipinski definition) is 3. The lowest BCUT2D eigenvalue weighted by atomic mass is 9.82. The van der Waals surface area contributed by atoms with E-state index in [1.54, 1.807) is 31.3 Å². The Labute approximate surface area is 131 Å². The van der Waals surface area contributed by atoms with Crippen LogP contribution in [0.15, 0.2) is 24.3 Å². The lowest BCUT2D eigenvalue weighted by Gasteiger charge is -2.31. The lowest BCUT2D eigenvalue weighted by Crippen LogP contribution is -2.52. The molecule has 21 heavy (non-hydrogen) atoms. The molecule has 0 aromatic heterocycles. The van der Waals surface area contributed by atoms with Gasteiger partial charge in [0.2, 0.25) is 5.91 Å². The molecule has 5 nitrogen and oxygen atoms in total. The molecular formula is C15H22ClN3O2. The maximum Gasteiger partial charge on any atom is 0.251 e. The zero-order chi connectivity index (χ0) is 14.6. The Kier molecular flexibility index (Phi) is 6.18. The van der Waals surface area contributed by atoms with Crippen molar-refractivity contribution in [3.8, 4) is 0 Å². The third-order valence-electron chi connectivity index (χ3n) is 3.81. The smallest absolute Gasteiger partial charge is 0.251 e. The largest absolute Gasteiger partial charge is 0.355 e. The van der Waals surface area contributed by atoms with Crippen LogP contribution in [-0.2, 0) is 4.79 Å². The maximum absolute atomic E-state index is 12.3. The number of carbonyl (C=O) groups is 2. The van der Waals surface area contributed by atoms with Crippen LogP contribution in [0.3, 0.4) is 0 Å². The summed E-state index contributed by atoms with van der Waals surface area (Å²) in [5.74, 6) is -0.340. The van der Waals surface area contributed by atoms with Crippen molar-refractivity contribution in [3.05, 3.63) is 29.8 Å². The molecule has 2 rings (SSSR count). The number of anilines is 1. The molecule has 0 heterocycles. The molecule has 4 N–H and O–H groups in total. The van der Waals surface area contributed by atoms with Crippen LogP contribution < -0.4 is 16.4 Å². The van der Waals surface area contributed by atoms with Crippen molar-refractivity contribution in [1.29, 1.82) is 0 Å². The topological polar surface area (TPSA) is 84.2 Å². The van der Waals surface area contributed by atoms with Crippen LogP contribution in [0.2, 0.25) is 0 Å². The Balaban J connectivity index is 0.00000220. The minimum atomic E-state index is -0.777. The molecule has 0 aliphatic heterocycles. The minimum Gasteiger partial charge on any atom is -0.355 e. The summed E-state index contributed by atoms with van der Waals surface area (Å²) in [5, 5.41) is 5.38. The molecule has 1 aliphatic rings. The van der Waals surface area contributed by atoms with Crippen molar-refractivity contribution < 1.29 is 9.59 Å². The number of amides is 2. The zero-order valence-corrected chi connectivity index (χ0v) is 13.0. The van der Waals surface area contributed by atoms with E-state index in [9.17, 15) is 9.59 Å². The van der Waals surface area contributed by atoms with E-state index >= 15 is 0 Å². The lowest BCUT2D eigenvalue weighted by molar-refractivity contribution is -0.122. The van der Waals surface area contributed by atoms with Gasteiger partial charge in [0.1, 0.15) is 0 Å². The van der Waals surface area contributed by atoms with Gasteiger partial charge in [-0.1, -0.05) is 25.3 Å². The first-order chi connectivity index (χ1) is 9.55. The fourth-order valence-electron chi connectivity index (χ4n) is 2.55. The Morgan fingerprint density at radius 2 is 1.86 bits per heavy atom. The Hall–Kier alpha value is -1.59. The van der Waals surface area contributed by atoms with Crippen molar-refractivity contribution >= 4 is 29.9 Å². The van der Waals surface area contributed by atoms with Gasteiger partial charge in [0.05, 0.1) is 5.54 Å². The molecule has 0 bridgehead atoms. The summed E-state index contributed by atoms with van der Waals surface area (Å²) < 4.78 is 0. The second-order valence-corrected chi connectivity index (χ2v) is 5.33. The third-order valence-corrected chi connectivity index (χ3v) is 3.81. The Bertz CT molecular complexity index is 513. The van der Waals surface area contributed by atoms with Gasteiger partial charge in [-0.2, -0.15) is 0 Å². The van der Waals surface area contributed by atoms with Crippen LogP contribution in [0, 0.1) is 0 Å². The Morgan fingerprint density at radius 3 is 2.48 bits per heavy atom. The zero-order valence-electron chi connectivity index (χ0n) is 12.1.